The number of benzene rings is 3. The molecule has 0 fully saturated rings. The third-order valence-corrected chi connectivity index (χ3v) is 5.75. The summed E-state index contributed by atoms with van der Waals surface area (Å²) in [5.74, 6) is -4.37. The van der Waals surface area contributed by atoms with E-state index in [1.54, 1.807) is 30.3 Å². The molecule has 2 N–H and O–H groups in total. The predicted molar refractivity (Wildman–Crippen MR) is 114 cm³/mol. The molecular weight excluding hydrogens is 460 g/mol. The Morgan fingerprint density at radius 1 is 0.912 bits per heavy atom. The number of primary amides is 1. The first-order chi connectivity index (χ1) is 16.0. The van der Waals surface area contributed by atoms with Crippen LogP contribution < -0.4 is 10.5 Å². The molecule has 0 aromatic heterocycles. The standard InChI is InChI=1S/C25H21F6NO2/c1-15(22(32)33)24(14-16-5-3-2-4-6-16,17-7-9-19(26)10-8-17)18-11-20(27)13-21(12-18)34-25(30,31)23(28)29/h2-13,15,23H,14H2,1H3,(H2,32,33)/t15?,24-/m1/s1. The van der Waals surface area contributed by atoms with Crippen LogP contribution in [0.1, 0.15) is 23.6 Å². The Morgan fingerprint density at radius 2 is 1.53 bits per heavy atom. The zero-order valence-electron chi connectivity index (χ0n) is 18.0. The lowest BCUT2D eigenvalue weighted by molar-refractivity contribution is -0.253. The van der Waals surface area contributed by atoms with Gasteiger partial charge in [-0.3, -0.25) is 4.79 Å². The molecule has 1 amide bonds. The van der Waals surface area contributed by atoms with E-state index in [1.165, 1.54) is 19.1 Å². The number of hydrogen-bond acceptors (Lipinski definition) is 2. The molecule has 2 atom stereocenters. The van der Waals surface area contributed by atoms with Crippen molar-refractivity contribution in [1.82, 2.24) is 0 Å². The van der Waals surface area contributed by atoms with Crippen LogP contribution in [0.3, 0.4) is 0 Å². The van der Waals surface area contributed by atoms with Gasteiger partial charge in [0.15, 0.2) is 0 Å². The maximum absolute atomic E-state index is 14.6. The average Bonchev–Trinajstić information content (AvgIpc) is 2.77. The van der Waals surface area contributed by atoms with Crippen LogP contribution in [0.4, 0.5) is 26.3 Å². The van der Waals surface area contributed by atoms with E-state index in [9.17, 15) is 31.1 Å². The van der Waals surface area contributed by atoms with Crippen molar-refractivity contribution in [1.29, 1.82) is 0 Å². The number of alkyl halides is 4. The Hall–Kier alpha value is -3.49. The zero-order chi connectivity index (χ0) is 25.1. The Labute approximate surface area is 192 Å². The Balaban J connectivity index is 2.30. The lowest BCUT2D eigenvalue weighted by atomic mass is 9.63. The van der Waals surface area contributed by atoms with Crippen molar-refractivity contribution in [3.05, 3.63) is 101 Å². The maximum Gasteiger partial charge on any atom is 0.461 e. The van der Waals surface area contributed by atoms with Gasteiger partial charge in [-0.1, -0.05) is 49.4 Å². The summed E-state index contributed by atoms with van der Waals surface area (Å²) < 4.78 is 85.0. The van der Waals surface area contributed by atoms with E-state index in [0.717, 1.165) is 24.3 Å². The van der Waals surface area contributed by atoms with Gasteiger partial charge in [-0.15, -0.1) is 0 Å². The molecule has 0 saturated carbocycles. The van der Waals surface area contributed by atoms with E-state index in [1.807, 2.05) is 0 Å². The molecular formula is C25H21F6NO2. The van der Waals surface area contributed by atoms with Crippen LogP contribution in [0.15, 0.2) is 72.8 Å². The van der Waals surface area contributed by atoms with Crippen LogP contribution in [-0.2, 0) is 16.6 Å². The number of carbonyl (C=O) groups is 1. The Morgan fingerprint density at radius 3 is 2.09 bits per heavy atom. The van der Waals surface area contributed by atoms with E-state index >= 15 is 0 Å². The molecule has 0 saturated heterocycles. The number of amides is 1. The number of nitrogens with two attached hydrogens (primary N) is 1. The Kier molecular flexibility index (Phi) is 7.24. The zero-order valence-corrected chi connectivity index (χ0v) is 18.0. The van der Waals surface area contributed by atoms with Crippen LogP contribution in [-0.4, -0.2) is 18.4 Å². The molecule has 34 heavy (non-hydrogen) atoms. The third-order valence-electron chi connectivity index (χ3n) is 5.75. The first-order valence-corrected chi connectivity index (χ1v) is 10.2. The number of halogens is 6. The van der Waals surface area contributed by atoms with Gasteiger partial charge in [-0.05, 0) is 47.4 Å². The second kappa shape index (κ2) is 9.79. The maximum atomic E-state index is 14.6. The molecule has 3 rings (SSSR count). The fraction of sp³-hybridized carbons (Fsp3) is 0.240. The number of rotatable bonds is 9. The highest BCUT2D eigenvalue weighted by Crippen LogP contribution is 2.44. The smallest absolute Gasteiger partial charge is 0.428 e. The van der Waals surface area contributed by atoms with Gasteiger partial charge >= 0.3 is 12.5 Å². The molecule has 9 heteroatoms. The molecule has 3 nitrogen and oxygen atoms in total. The summed E-state index contributed by atoms with van der Waals surface area (Å²) >= 11 is 0. The summed E-state index contributed by atoms with van der Waals surface area (Å²) in [4.78, 5) is 12.4. The summed E-state index contributed by atoms with van der Waals surface area (Å²) in [5.41, 5.74) is 5.13. The summed E-state index contributed by atoms with van der Waals surface area (Å²) in [6, 6.07) is 16.1. The SMILES string of the molecule is CC(C(N)=O)[C@](Cc1ccccc1)(c1ccc(F)cc1)c1cc(F)cc(OC(F)(F)C(F)F)c1. The van der Waals surface area contributed by atoms with Crippen LogP contribution >= 0.6 is 0 Å². The molecule has 180 valence electrons. The van der Waals surface area contributed by atoms with Gasteiger partial charge in [-0.25, -0.2) is 8.78 Å². The van der Waals surface area contributed by atoms with E-state index in [2.05, 4.69) is 4.74 Å². The molecule has 0 spiro atoms. The molecule has 0 aliphatic rings. The van der Waals surface area contributed by atoms with Crippen molar-refractivity contribution >= 4 is 5.91 Å². The molecule has 0 aliphatic heterocycles. The van der Waals surface area contributed by atoms with Crippen molar-refractivity contribution in [3.63, 3.8) is 0 Å². The molecule has 0 radical (unpaired) electrons. The summed E-state index contributed by atoms with van der Waals surface area (Å²) in [7, 11) is 0. The van der Waals surface area contributed by atoms with E-state index in [0.29, 0.717) is 17.2 Å². The lowest BCUT2D eigenvalue weighted by Crippen LogP contribution is -2.44. The minimum absolute atomic E-state index is 0.0255. The van der Waals surface area contributed by atoms with Crippen molar-refractivity contribution in [2.45, 2.75) is 31.3 Å². The van der Waals surface area contributed by atoms with Crippen molar-refractivity contribution < 1.29 is 35.9 Å². The molecule has 3 aromatic rings. The highest BCUT2D eigenvalue weighted by Gasteiger charge is 2.46. The van der Waals surface area contributed by atoms with Gasteiger partial charge in [0.05, 0.1) is 0 Å². The van der Waals surface area contributed by atoms with Gasteiger partial charge in [0, 0.05) is 17.4 Å². The van der Waals surface area contributed by atoms with Crippen LogP contribution in [0, 0.1) is 17.6 Å². The first kappa shape index (κ1) is 25.1. The Bertz CT molecular complexity index is 1140. The minimum atomic E-state index is -4.88. The van der Waals surface area contributed by atoms with Crippen LogP contribution in [0.25, 0.3) is 0 Å². The number of carbonyl (C=O) groups excluding carboxylic acids is 1. The van der Waals surface area contributed by atoms with Crippen LogP contribution in [0.5, 0.6) is 5.75 Å². The second-order valence-corrected chi connectivity index (χ2v) is 7.90. The monoisotopic (exact) mass is 481 g/mol. The van der Waals surface area contributed by atoms with Crippen molar-refractivity contribution in [3.8, 4) is 5.75 Å². The highest BCUT2D eigenvalue weighted by molar-refractivity contribution is 5.79. The fourth-order valence-corrected chi connectivity index (χ4v) is 4.01. The molecule has 0 aliphatic carbocycles. The third kappa shape index (κ3) is 5.18. The molecule has 0 heterocycles. The first-order valence-electron chi connectivity index (χ1n) is 10.2. The van der Waals surface area contributed by atoms with Gasteiger partial charge in [0.1, 0.15) is 17.4 Å². The fourth-order valence-electron chi connectivity index (χ4n) is 4.01. The van der Waals surface area contributed by atoms with Gasteiger partial charge in [-0.2, -0.15) is 17.6 Å². The average molecular weight is 481 g/mol. The largest absolute Gasteiger partial charge is 0.461 e. The van der Waals surface area contributed by atoms with Gasteiger partial charge < -0.3 is 10.5 Å². The molecule has 0 bridgehead atoms. The van der Waals surface area contributed by atoms with Gasteiger partial charge in [0.25, 0.3) is 0 Å². The summed E-state index contributed by atoms with van der Waals surface area (Å²) in [6.07, 6.45) is -9.01. The van der Waals surface area contributed by atoms with Gasteiger partial charge in [0.2, 0.25) is 5.91 Å². The van der Waals surface area contributed by atoms with E-state index in [4.69, 9.17) is 5.73 Å². The van der Waals surface area contributed by atoms with Crippen molar-refractivity contribution in [2.24, 2.45) is 11.7 Å². The lowest BCUT2D eigenvalue weighted by Gasteiger charge is -2.39. The van der Waals surface area contributed by atoms with Crippen molar-refractivity contribution in [2.75, 3.05) is 0 Å². The normalized spacial score (nSPS) is 14.5. The number of hydrogen-bond donors (Lipinski definition) is 1. The predicted octanol–water partition coefficient (Wildman–Crippen LogP) is 5.85. The topological polar surface area (TPSA) is 52.3 Å². The number of ether oxygens (including phenoxy) is 1. The minimum Gasteiger partial charge on any atom is -0.428 e. The molecule has 3 aromatic carbocycles. The quantitative estimate of drug-likeness (QED) is 0.390. The molecule has 1 unspecified atom stereocenters. The van der Waals surface area contributed by atoms with Crippen LogP contribution in [0.2, 0.25) is 0 Å². The summed E-state index contributed by atoms with van der Waals surface area (Å²) in [5, 5.41) is 0. The van der Waals surface area contributed by atoms with E-state index in [-0.39, 0.29) is 12.0 Å². The van der Waals surface area contributed by atoms with E-state index < -0.39 is 47.2 Å². The highest BCUT2D eigenvalue weighted by atomic mass is 19.3. The summed E-state index contributed by atoms with van der Waals surface area (Å²) in [6.45, 7) is 1.47. The second-order valence-electron chi connectivity index (χ2n) is 7.90.